The predicted octanol–water partition coefficient (Wildman–Crippen LogP) is -0.301. The van der Waals surface area contributed by atoms with Crippen LogP contribution < -0.4 is 0 Å². The van der Waals surface area contributed by atoms with Gasteiger partial charge in [-0.25, -0.2) is 4.79 Å². The molecule has 2 aliphatic rings. The molecule has 0 saturated carbocycles. The standard InChI is InChI=1S/C10H12O5/c1-2-6-8(11)15-5-7-9(12)14-4-3-10(6,7)13/h2,5-6,8,11,13H,1,3-4H2. The van der Waals surface area contributed by atoms with E-state index < -0.39 is 23.8 Å². The minimum atomic E-state index is -1.42. The van der Waals surface area contributed by atoms with Crippen LogP contribution in [0.15, 0.2) is 24.5 Å². The van der Waals surface area contributed by atoms with Crippen molar-refractivity contribution in [2.75, 3.05) is 6.61 Å². The second-order valence-corrected chi connectivity index (χ2v) is 3.63. The number of hydrogen-bond donors (Lipinski definition) is 2. The van der Waals surface area contributed by atoms with E-state index in [1.807, 2.05) is 0 Å². The zero-order chi connectivity index (χ0) is 11.1. The first-order valence-electron chi connectivity index (χ1n) is 4.66. The van der Waals surface area contributed by atoms with E-state index in [1.165, 1.54) is 6.08 Å². The number of carbonyl (C=O) groups excluding carboxylic acids is 1. The molecule has 2 aliphatic heterocycles. The summed E-state index contributed by atoms with van der Waals surface area (Å²) in [5, 5.41) is 19.8. The van der Waals surface area contributed by atoms with E-state index >= 15 is 0 Å². The number of hydrogen-bond acceptors (Lipinski definition) is 5. The molecule has 1 saturated heterocycles. The highest BCUT2D eigenvalue weighted by Crippen LogP contribution is 2.39. The maximum absolute atomic E-state index is 11.4. The zero-order valence-electron chi connectivity index (χ0n) is 8.05. The van der Waals surface area contributed by atoms with Crippen LogP contribution in [0, 0.1) is 5.92 Å². The highest BCUT2D eigenvalue weighted by Gasteiger charge is 2.51. The van der Waals surface area contributed by atoms with Gasteiger partial charge in [-0.15, -0.1) is 6.58 Å². The van der Waals surface area contributed by atoms with Gasteiger partial charge < -0.3 is 19.7 Å². The molecule has 2 heterocycles. The number of fused-ring (bicyclic) bond motifs is 1. The topological polar surface area (TPSA) is 76.0 Å². The number of ether oxygens (including phenoxy) is 2. The van der Waals surface area contributed by atoms with Gasteiger partial charge in [0.2, 0.25) is 6.29 Å². The van der Waals surface area contributed by atoms with Crippen LogP contribution in [0.3, 0.4) is 0 Å². The van der Waals surface area contributed by atoms with Crippen molar-refractivity contribution < 1.29 is 24.5 Å². The number of aliphatic hydroxyl groups is 2. The maximum atomic E-state index is 11.4. The van der Waals surface area contributed by atoms with Gasteiger partial charge in [-0.1, -0.05) is 6.08 Å². The van der Waals surface area contributed by atoms with Crippen molar-refractivity contribution in [1.82, 2.24) is 0 Å². The summed E-state index contributed by atoms with van der Waals surface area (Å²) in [6, 6.07) is 0. The van der Waals surface area contributed by atoms with Gasteiger partial charge in [0.05, 0.1) is 18.8 Å². The lowest BCUT2D eigenvalue weighted by Crippen LogP contribution is -2.53. The molecule has 0 bridgehead atoms. The highest BCUT2D eigenvalue weighted by atomic mass is 16.6. The summed E-state index contributed by atoms with van der Waals surface area (Å²) in [6.45, 7) is 3.65. The molecule has 15 heavy (non-hydrogen) atoms. The van der Waals surface area contributed by atoms with Crippen LogP contribution in [-0.2, 0) is 14.3 Å². The Hall–Kier alpha value is -1.33. The molecule has 82 valence electrons. The van der Waals surface area contributed by atoms with Crippen molar-refractivity contribution in [1.29, 1.82) is 0 Å². The van der Waals surface area contributed by atoms with E-state index in [4.69, 9.17) is 9.47 Å². The normalized spacial score (nSPS) is 39.6. The third kappa shape index (κ3) is 1.35. The summed E-state index contributed by atoms with van der Waals surface area (Å²) in [5.74, 6) is -1.33. The van der Waals surface area contributed by atoms with Gasteiger partial charge in [-0.05, 0) is 0 Å². The van der Waals surface area contributed by atoms with Crippen LogP contribution in [0.4, 0.5) is 0 Å². The predicted molar refractivity (Wildman–Crippen MR) is 49.4 cm³/mol. The van der Waals surface area contributed by atoms with Crippen molar-refractivity contribution in [3.8, 4) is 0 Å². The molecule has 5 nitrogen and oxygen atoms in total. The molecule has 0 aliphatic carbocycles. The van der Waals surface area contributed by atoms with Crippen LogP contribution in [-0.4, -0.2) is 34.7 Å². The Morgan fingerprint density at radius 3 is 3.07 bits per heavy atom. The van der Waals surface area contributed by atoms with Gasteiger partial charge >= 0.3 is 5.97 Å². The zero-order valence-corrected chi connectivity index (χ0v) is 8.05. The van der Waals surface area contributed by atoms with Gasteiger partial charge in [-0.2, -0.15) is 0 Å². The summed E-state index contributed by atoms with van der Waals surface area (Å²) < 4.78 is 9.63. The summed E-state index contributed by atoms with van der Waals surface area (Å²) in [5.41, 5.74) is -1.38. The minimum absolute atomic E-state index is 0.0453. The lowest BCUT2D eigenvalue weighted by atomic mass is 9.76. The third-order valence-corrected chi connectivity index (χ3v) is 2.84. The maximum Gasteiger partial charge on any atom is 0.340 e. The molecular formula is C10H12O5. The van der Waals surface area contributed by atoms with Gasteiger partial charge in [-0.3, -0.25) is 0 Å². The first-order valence-corrected chi connectivity index (χ1v) is 4.66. The van der Waals surface area contributed by atoms with Gasteiger partial charge in [0.15, 0.2) is 0 Å². The Balaban J connectivity index is 2.43. The fourth-order valence-corrected chi connectivity index (χ4v) is 1.95. The molecule has 0 radical (unpaired) electrons. The number of cyclic esters (lactones) is 1. The molecule has 0 amide bonds. The molecule has 3 unspecified atom stereocenters. The first-order chi connectivity index (χ1) is 7.09. The van der Waals surface area contributed by atoms with Crippen molar-refractivity contribution >= 4 is 5.97 Å². The average Bonchev–Trinajstić information content (AvgIpc) is 2.17. The van der Waals surface area contributed by atoms with Gasteiger partial charge in [0, 0.05) is 6.42 Å². The summed E-state index contributed by atoms with van der Waals surface area (Å²) in [6.07, 6.45) is 1.51. The summed E-state index contributed by atoms with van der Waals surface area (Å²) in [4.78, 5) is 11.4. The smallest absolute Gasteiger partial charge is 0.340 e. The Bertz CT molecular complexity index is 335. The lowest BCUT2D eigenvalue weighted by Gasteiger charge is -2.42. The molecule has 1 fully saturated rings. The minimum Gasteiger partial charge on any atom is -0.471 e. The number of esters is 1. The van der Waals surface area contributed by atoms with Crippen LogP contribution in [0.25, 0.3) is 0 Å². The molecular weight excluding hydrogens is 200 g/mol. The molecule has 2 rings (SSSR count). The number of rotatable bonds is 1. The van der Waals surface area contributed by atoms with Gasteiger partial charge in [0.1, 0.15) is 11.2 Å². The monoisotopic (exact) mass is 212 g/mol. The van der Waals surface area contributed by atoms with Gasteiger partial charge in [0.25, 0.3) is 0 Å². The van der Waals surface area contributed by atoms with Crippen molar-refractivity contribution in [3.05, 3.63) is 24.5 Å². The van der Waals surface area contributed by atoms with E-state index in [0.717, 1.165) is 6.26 Å². The quantitative estimate of drug-likeness (QED) is 0.461. The lowest BCUT2D eigenvalue weighted by molar-refractivity contribution is -0.179. The largest absolute Gasteiger partial charge is 0.471 e. The number of carbonyl (C=O) groups is 1. The SMILES string of the molecule is C=CC1C(O)OC=C2C(=O)OCCC21O. The summed E-state index contributed by atoms with van der Waals surface area (Å²) >= 11 is 0. The molecule has 2 N–H and O–H groups in total. The van der Waals surface area contributed by atoms with Crippen molar-refractivity contribution in [2.45, 2.75) is 18.3 Å². The van der Waals surface area contributed by atoms with Crippen LogP contribution in [0.2, 0.25) is 0 Å². The van der Waals surface area contributed by atoms with Crippen LogP contribution >= 0.6 is 0 Å². The van der Waals surface area contributed by atoms with E-state index in [0.29, 0.717) is 0 Å². The van der Waals surface area contributed by atoms with E-state index in [-0.39, 0.29) is 18.6 Å². The Kier molecular flexibility index (Phi) is 2.28. The van der Waals surface area contributed by atoms with Crippen LogP contribution in [0.1, 0.15) is 6.42 Å². The Morgan fingerprint density at radius 2 is 2.40 bits per heavy atom. The Labute approximate surface area is 86.6 Å². The van der Waals surface area contributed by atoms with Crippen LogP contribution in [0.5, 0.6) is 0 Å². The molecule has 0 aromatic rings. The van der Waals surface area contributed by atoms with Crippen molar-refractivity contribution in [2.24, 2.45) is 5.92 Å². The second-order valence-electron chi connectivity index (χ2n) is 3.63. The fraction of sp³-hybridized carbons (Fsp3) is 0.500. The molecule has 5 heteroatoms. The second kappa shape index (κ2) is 3.36. The van der Waals surface area contributed by atoms with E-state index in [2.05, 4.69) is 6.58 Å². The first kappa shape index (κ1) is 10.2. The number of aliphatic hydroxyl groups excluding tert-OH is 1. The van der Waals surface area contributed by atoms with Crippen molar-refractivity contribution in [3.63, 3.8) is 0 Å². The average molecular weight is 212 g/mol. The molecule has 0 aromatic carbocycles. The third-order valence-electron chi connectivity index (χ3n) is 2.84. The van der Waals surface area contributed by atoms with E-state index in [9.17, 15) is 15.0 Å². The van der Waals surface area contributed by atoms with E-state index in [1.54, 1.807) is 0 Å². The molecule has 3 atom stereocenters. The fourth-order valence-electron chi connectivity index (χ4n) is 1.95. The Morgan fingerprint density at radius 1 is 1.67 bits per heavy atom. The molecule has 0 spiro atoms. The summed E-state index contributed by atoms with van der Waals surface area (Å²) in [7, 11) is 0. The molecule has 0 aromatic heterocycles. The highest BCUT2D eigenvalue weighted by molar-refractivity contribution is 5.91.